The van der Waals surface area contributed by atoms with E-state index in [-0.39, 0.29) is 5.97 Å². The van der Waals surface area contributed by atoms with Crippen LogP contribution in [0.15, 0.2) is 0 Å². The van der Waals surface area contributed by atoms with Gasteiger partial charge in [0.15, 0.2) is 0 Å². The highest BCUT2D eigenvalue weighted by molar-refractivity contribution is 5.75. The summed E-state index contributed by atoms with van der Waals surface area (Å²) in [5, 5.41) is 0. The van der Waals surface area contributed by atoms with Gasteiger partial charge in [-0.15, -0.1) is 0 Å². The van der Waals surface area contributed by atoms with Gasteiger partial charge in [0.25, 0.3) is 0 Å². The van der Waals surface area contributed by atoms with E-state index in [1.807, 2.05) is 13.8 Å². The van der Waals surface area contributed by atoms with Crippen molar-refractivity contribution in [2.45, 2.75) is 32.7 Å². The Labute approximate surface area is 85.8 Å². The lowest BCUT2D eigenvalue weighted by Gasteiger charge is -2.12. The molecule has 0 rings (SSSR count). The van der Waals surface area contributed by atoms with Crippen molar-refractivity contribution in [1.82, 2.24) is 0 Å². The molecule has 4 heteroatoms. The summed E-state index contributed by atoms with van der Waals surface area (Å²) >= 11 is 0. The van der Waals surface area contributed by atoms with Crippen molar-refractivity contribution in [2.75, 3.05) is 20.3 Å². The molecular formula is C10H21NO3. The molecule has 0 aliphatic carbocycles. The van der Waals surface area contributed by atoms with Crippen LogP contribution in [0.4, 0.5) is 0 Å². The van der Waals surface area contributed by atoms with Gasteiger partial charge in [-0.1, -0.05) is 13.8 Å². The number of ether oxygens (including phenoxy) is 2. The molecule has 2 N–H and O–H groups in total. The van der Waals surface area contributed by atoms with Crippen LogP contribution < -0.4 is 5.73 Å². The van der Waals surface area contributed by atoms with Crippen LogP contribution in [0.2, 0.25) is 0 Å². The second kappa shape index (κ2) is 7.76. The van der Waals surface area contributed by atoms with Gasteiger partial charge in [0.05, 0.1) is 6.61 Å². The van der Waals surface area contributed by atoms with Gasteiger partial charge >= 0.3 is 5.97 Å². The Kier molecular flexibility index (Phi) is 7.42. The van der Waals surface area contributed by atoms with Crippen molar-refractivity contribution in [2.24, 2.45) is 11.7 Å². The molecule has 4 nitrogen and oxygen atoms in total. The van der Waals surface area contributed by atoms with E-state index >= 15 is 0 Å². The Morgan fingerprint density at radius 3 is 2.57 bits per heavy atom. The van der Waals surface area contributed by atoms with E-state index in [1.54, 1.807) is 7.11 Å². The summed E-state index contributed by atoms with van der Waals surface area (Å²) < 4.78 is 9.85. The van der Waals surface area contributed by atoms with Gasteiger partial charge in [0.1, 0.15) is 6.04 Å². The third-order valence-corrected chi connectivity index (χ3v) is 1.73. The lowest BCUT2D eigenvalue weighted by Crippen LogP contribution is -2.33. The first-order valence-electron chi connectivity index (χ1n) is 4.99. The van der Waals surface area contributed by atoms with E-state index in [1.165, 1.54) is 0 Å². The highest BCUT2D eigenvalue weighted by Gasteiger charge is 2.14. The van der Waals surface area contributed by atoms with Crippen LogP contribution in [-0.4, -0.2) is 32.3 Å². The molecule has 14 heavy (non-hydrogen) atoms. The Hall–Kier alpha value is -0.610. The number of methoxy groups -OCH3 is 1. The molecule has 1 unspecified atom stereocenters. The first-order chi connectivity index (χ1) is 6.57. The smallest absolute Gasteiger partial charge is 0.322 e. The predicted molar refractivity (Wildman–Crippen MR) is 54.9 cm³/mol. The molecule has 84 valence electrons. The maximum atomic E-state index is 11.3. The molecule has 0 aromatic rings. The maximum absolute atomic E-state index is 11.3. The van der Waals surface area contributed by atoms with E-state index in [4.69, 9.17) is 15.2 Å². The van der Waals surface area contributed by atoms with Crippen LogP contribution >= 0.6 is 0 Å². The molecule has 0 saturated heterocycles. The normalized spacial score (nSPS) is 12.9. The molecule has 0 amide bonds. The number of carbonyl (C=O) groups is 1. The molecular weight excluding hydrogens is 182 g/mol. The van der Waals surface area contributed by atoms with Crippen LogP contribution in [0, 0.1) is 5.92 Å². The molecule has 0 radical (unpaired) electrons. The van der Waals surface area contributed by atoms with Crippen molar-refractivity contribution in [3.8, 4) is 0 Å². The van der Waals surface area contributed by atoms with Crippen LogP contribution in [0.25, 0.3) is 0 Å². The van der Waals surface area contributed by atoms with Crippen molar-refractivity contribution < 1.29 is 14.3 Å². The minimum Gasteiger partial charge on any atom is -0.464 e. The topological polar surface area (TPSA) is 61.5 Å². The molecule has 0 aliphatic rings. The van der Waals surface area contributed by atoms with Gasteiger partial charge in [-0.2, -0.15) is 0 Å². The van der Waals surface area contributed by atoms with E-state index in [9.17, 15) is 4.79 Å². The van der Waals surface area contributed by atoms with E-state index in [0.29, 0.717) is 25.6 Å². The van der Waals surface area contributed by atoms with Gasteiger partial charge < -0.3 is 15.2 Å². The molecule has 0 spiro atoms. The van der Waals surface area contributed by atoms with Gasteiger partial charge in [0, 0.05) is 13.7 Å². The zero-order valence-corrected chi connectivity index (χ0v) is 9.29. The Bertz CT molecular complexity index is 159. The maximum Gasteiger partial charge on any atom is 0.322 e. The monoisotopic (exact) mass is 203 g/mol. The van der Waals surface area contributed by atoms with E-state index in [0.717, 1.165) is 6.42 Å². The SMILES string of the molecule is COCCCC(N)C(=O)OCC(C)C. The van der Waals surface area contributed by atoms with Crippen molar-refractivity contribution in [3.63, 3.8) is 0 Å². The highest BCUT2D eigenvalue weighted by Crippen LogP contribution is 2.00. The third kappa shape index (κ3) is 6.86. The molecule has 0 fully saturated rings. The lowest BCUT2D eigenvalue weighted by molar-refractivity contribution is -0.146. The first kappa shape index (κ1) is 13.4. The standard InChI is InChI=1S/C10H21NO3/c1-8(2)7-14-10(12)9(11)5-4-6-13-3/h8-9H,4-7,11H2,1-3H3. The van der Waals surface area contributed by atoms with Crippen molar-refractivity contribution >= 4 is 5.97 Å². The summed E-state index contributed by atoms with van der Waals surface area (Å²) in [5.74, 6) is 0.0416. The number of carbonyl (C=O) groups excluding carboxylic acids is 1. The quantitative estimate of drug-likeness (QED) is 0.494. The molecule has 0 aliphatic heterocycles. The molecule has 0 heterocycles. The fraction of sp³-hybridized carbons (Fsp3) is 0.900. The summed E-state index contributed by atoms with van der Waals surface area (Å²) in [4.78, 5) is 11.3. The van der Waals surface area contributed by atoms with Crippen LogP contribution in [0.5, 0.6) is 0 Å². The first-order valence-corrected chi connectivity index (χ1v) is 4.99. The Morgan fingerprint density at radius 2 is 2.07 bits per heavy atom. The van der Waals surface area contributed by atoms with Crippen molar-refractivity contribution in [3.05, 3.63) is 0 Å². The molecule has 1 atom stereocenters. The number of nitrogens with two attached hydrogens (primary N) is 1. The summed E-state index contributed by atoms with van der Waals surface area (Å²) in [6.45, 7) is 5.05. The largest absolute Gasteiger partial charge is 0.464 e. The Balaban J connectivity index is 3.54. The fourth-order valence-electron chi connectivity index (χ4n) is 0.921. The second-order valence-corrected chi connectivity index (χ2v) is 3.77. The van der Waals surface area contributed by atoms with Gasteiger partial charge in [-0.05, 0) is 18.8 Å². The second-order valence-electron chi connectivity index (χ2n) is 3.77. The number of hydrogen-bond donors (Lipinski definition) is 1. The molecule has 0 saturated carbocycles. The van der Waals surface area contributed by atoms with Crippen LogP contribution in [0.3, 0.4) is 0 Å². The van der Waals surface area contributed by atoms with Crippen LogP contribution in [-0.2, 0) is 14.3 Å². The van der Waals surface area contributed by atoms with Crippen molar-refractivity contribution in [1.29, 1.82) is 0 Å². The Morgan fingerprint density at radius 1 is 1.43 bits per heavy atom. The number of rotatable bonds is 7. The summed E-state index contributed by atoms with van der Waals surface area (Å²) in [7, 11) is 1.63. The third-order valence-electron chi connectivity index (χ3n) is 1.73. The minimum atomic E-state index is -0.510. The molecule has 0 bridgehead atoms. The summed E-state index contributed by atoms with van der Waals surface area (Å²) in [6, 6.07) is -0.510. The lowest BCUT2D eigenvalue weighted by atomic mass is 10.2. The number of esters is 1. The predicted octanol–water partition coefficient (Wildman–Crippen LogP) is 0.940. The average molecular weight is 203 g/mol. The highest BCUT2D eigenvalue weighted by atomic mass is 16.5. The summed E-state index contributed by atoms with van der Waals surface area (Å²) in [6.07, 6.45) is 1.40. The minimum absolute atomic E-state index is 0.310. The fourth-order valence-corrected chi connectivity index (χ4v) is 0.921. The van der Waals surface area contributed by atoms with E-state index < -0.39 is 6.04 Å². The van der Waals surface area contributed by atoms with Gasteiger partial charge in [0.2, 0.25) is 0 Å². The van der Waals surface area contributed by atoms with Gasteiger partial charge in [-0.25, -0.2) is 0 Å². The number of hydrogen-bond acceptors (Lipinski definition) is 4. The summed E-state index contributed by atoms with van der Waals surface area (Å²) in [5.41, 5.74) is 5.61. The van der Waals surface area contributed by atoms with E-state index in [2.05, 4.69) is 0 Å². The molecule has 0 aromatic carbocycles. The van der Waals surface area contributed by atoms with Gasteiger partial charge in [-0.3, -0.25) is 4.79 Å². The molecule has 0 aromatic heterocycles. The zero-order chi connectivity index (χ0) is 11.0. The average Bonchev–Trinajstić information content (AvgIpc) is 2.14. The van der Waals surface area contributed by atoms with Crippen LogP contribution in [0.1, 0.15) is 26.7 Å². The zero-order valence-electron chi connectivity index (χ0n) is 9.29.